The average molecular weight is 487 g/mol. The summed E-state index contributed by atoms with van der Waals surface area (Å²) in [6.07, 6.45) is 1.91. The van der Waals surface area contributed by atoms with Crippen molar-refractivity contribution >= 4 is 17.7 Å². The van der Waals surface area contributed by atoms with Crippen LogP contribution >= 0.6 is 0 Å². The van der Waals surface area contributed by atoms with Crippen molar-refractivity contribution < 1.29 is 38.1 Å². The normalized spacial score (nSPS) is 43.0. The number of furan rings is 1. The maximum atomic E-state index is 13.4. The molecule has 1 spiro atoms. The molecular formula is C27H34O8. The van der Waals surface area contributed by atoms with E-state index in [0.29, 0.717) is 12.8 Å². The van der Waals surface area contributed by atoms with Gasteiger partial charge in [0.1, 0.15) is 17.5 Å². The van der Waals surface area contributed by atoms with E-state index in [4.69, 9.17) is 18.6 Å². The predicted molar refractivity (Wildman–Crippen MR) is 123 cm³/mol. The molecular weight excluding hydrogens is 452 g/mol. The molecule has 2 aliphatic heterocycles. The minimum Gasteiger partial charge on any atom is -0.472 e. The summed E-state index contributed by atoms with van der Waals surface area (Å²) in [7, 11) is 1.23. The van der Waals surface area contributed by atoms with Gasteiger partial charge in [0.25, 0.3) is 0 Å². The van der Waals surface area contributed by atoms with Gasteiger partial charge in [-0.25, -0.2) is 4.79 Å². The quantitative estimate of drug-likeness (QED) is 0.510. The van der Waals surface area contributed by atoms with Crippen LogP contribution in [0.2, 0.25) is 0 Å². The van der Waals surface area contributed by atoms with Crippen LogP contribution in [-0.4, -0.2) is 47.7 Å². The monoisotopic (exact) mass is 486 g/mol. The van der Waals surface area contributed by atoms with Gasteiger partial charge < -0.3 is 23.7 Å². The van der Waals surface area contributed by atoms with Gasteiger partial charge in [0, 0.05) is 34.1 Å². The fraction of sp³-hybridized carbons (Fsp3) is 0.667. The minimum absolute atomic E-state index is 0.00156. The molecule has 8 nitrogen and oxygen atoms in total. The highest BCUT2D eigenvalue weighted by atomic mass is 16.6. The second kappa shape index (κ2) is 7.53. The first kappa shape index (κ1) is 24.3. The average Bonchev–Trinajstić information content (AvgIpc) is 3.32. The number of esters is 2. The van der Waals surface area contributed by atoms with Crippen LogP contribution in [-0.2, 0) is 28.6 Å². The maximum absolute atomic E-state index is 13.4. The molecule has 8 heteroatoms. The van der Waals surface area contributed by atoms with Gasteiger partial charge in [-0.05, 0) is 30.4 Å². The number of hydrogen-bond acceptors (Lipinski definition) is 8. The summed E-state index contributed by atoms with van der Waals surface area (Å²) in [5, 5.41) is 11.2. The smallest absolute Gasteiger partial charge is 0.335 e. The highest BCUT2D eigenvalue weighted by Crippen LogP contribution is 2.71. The zero-order valence-corrected chi connectivity index (χ0v) is 21.0. The summed E-state index contributed by atoms with van der Waals surface area (Å²) in [6.45, 7) is 12.1. The Morgan fingerprint density at radius 3 is 2.60 bits per heavy atom. The lowest BCUT2D eigenvalue weighted by Gasteiger charge is -2.70. The molecule has 0 radical (unpaired) electrons. The van der Waals surface area contributed by atoms with Crippen molar-refractivity contribution in [2.75, 3.05) is 7.11 Å². The van der Waals surface area contributed by atoms with E-state index in [1.54, 1.807) is 32.4 Å². The van der Waals surface area contributed by atoms with Gasteiger partial charge in [0.05, 0.1) is 32.2 Å². The molecule has 4 aliphatic rings. The fourth-order valence-electron chi connectivity index (χ4n) is 8.08. The van der Waals surface area contributed by atoms with E-state index >= 15 is 0 Å². The SMILES string of the molecule is C=C1[C@H]2CC[C@@]3(C)[C@H](c4ccoc4)OC(=O)C[C@]13O[C@@H]1CC(=O)C(C)(C)[C@H]([C@@H](O)C(=O)OC)[C@@]21C. The molecule has 8 atom stereocenters. The van der Waals surface area contributed by atoms with Crippen LogP contribution in [0, 0.1) is 28.1 Å². The lowest BCUT2D eigenvalue weighted by molar-refractivity contribution is -0.303. The molecule has 0 unspecified atom stereocenters. The van der Waals surface area contributed by atoms with Crippen LogP contribution in [0.1, 0.15) is 65.0 Å². The third-order valence-corrected chi connectivity index (χ3v) is 9.96. The lowest BCUT2D eigenvalue weighted by atomic mass is 9.41. The Morgan fingerprint density at radius 1 is 1.26 bits per heavy atom. The second-order valence-electron chi connectivity index (χ2n) is 11.7. The molecule has 190 valence electrons. The van der Waals surface area contributed by atoms with Crippen LogP contribution in [0.15, 0.2) is 35.2 Å². The van der Waals surface area contributed by atoms with Crippen LogP contribution < -0.4 is 0 Å². The molecule has 2 saturated carbocycles. The Hall–Kier alpha value is -2.45. The van der Waals surface area contributed by atoms with Gasteiger partial charge in [0.2, 0.25) is 0 Å². The Kier molecular flexibility index (Phi) is 5.22. The van der Waals surface area contributed by atoms with E-state index < -0.39 is 58.0 Å². The third kappa shape index (κ3) is 2.90. The molecule has 1 N–H and O–H groups in total. The topological polar surface area (TPSA) is 112 Å². The Morgan fingerprint density at radius 2 is 1.97 bits per heavy atom. The molecule has 1 aromatic heterocycles. The molecule has 0 amide bonds. The molecule has 0 aromatic carbocycles. The van der Waals surface area contributed by atoms with Crippen LogP contribution in [0.5, 0.6) is 0 Å². The fourth-order valence-corrected chi connectivity index (χ4v) is 8.08. The van der Waals surface area contributed by atoms with Gasteiger partial charge in [-0.2, -0.15) is 0 Å². The molecule has 2 aliphatic carbocycles. The highest BCUT2D eigenvalue weighted by molar-refractivity contribution is 5.88. The van der Waals surface area contributed by atoms with Crippen molar-refractivity contribution in [1.29, 1.82) is 0 Å². The molecule has 1 aromatic rings. The van der Waals surface area contributed by atoms with E-state index in [9.17, 15) is 19.5 Å². The number of ketones is 1. The number of carbonyl (C=O) groups excluding carboxylic acids is 3. The molecule has 35 heavy (non-hydrogen) atoms. The number of rotatable bonds is 3. The number of carbonyl (C=O) groups is 3. The summed E-state index contributed by atoms with van der Waals surface area (Å²) in [6, 6.07) is 1.79. The summed E-state index contributed by atoms with van der Waals surface area (Å²) in [4.78, 5) is 39.0. The van der Waals surface area contributed by atoms with Gasteiger partial charge in [-0.3, -0.25) is 9.59 Å². The highest BCUT2D eigenvalue weighted by Gasteiger charge is 2.74. The van der Waals surface area contributed by atoms with Crippen LogP contribution in [0.25, 0.3) is 0 Å². The number of hydrogen-bond donors (Lipinski definition) is 1. The zero-order valence-electron chi connectivity index (χ0n) is 21.0. The Bertz CT molecular complexity index is 1090. The summed E-state index contributed by atoms with van der Waals surface area (Å²) >= 11 is 0. The summed E-state index contributed by atoms with van der Waals surface area (Å²) in [5.74, 6) is -2.20. The van der Waals surface area contributed by atoms with Gasteiger partial charge in [-0.15, -0.1) is 0 Å². The summed E-state index contributed by atoms with van der Waals surface area (Å²) < 4.78 is 23.0. The van der Waals surface area contributed by atoms with Crippen LogP contribution in [0.4, 0.5) is 0 Å². The Labute approximate surface area is 205 Å². The first-order chi connectivity index (χ1) is 16.3. The minimum atomic E-state index is -1.50. The number of ether oxygens (including phenoxy) is 3. The number of cyclic esters (lactones) is 1. The van der Waals surface area contributed by atoms with E-state index in [2.05, 4.69) is 13.5 Å². The van der Waals surface area contributed by atoms with Crippen molar-refractivity contribution in [3.8, 4) is 0 Å². The lowest BCUT2D eigenvalue weighted by Crippen LogP contribution is -2.74. The molecule has 2 bridgehead atoms. The number of fused-ring (bicyclic) bond motifs is 3. The molecule has 5 rings (SSSR count). The molecule has 3 heterocycles. The predicted octanol–water partition coefficient (Wildman–Crippen LogP) is 3.53. The third-order valence-electron chi connectivity index (χ3n) is 9.96. The molecule has 2 saturated heterocycles. The van der Waals surface area contributed by atoms with Crippen LogP contribution in [0.3, 0.4) is 0 Å². The van der Waals surface area contributed by atoms with Crippen molar-refractivity contribution in [3.63, 3.8) is 0 Å². The zero-order chi connectivity index (χ0) is 25.6. The van der Waals surface area contributed by atoms with E-state index in [1.807, 2.05) is 6.92 Å². The van der Waals surface area contributed by atoms with Crippen molar-refractivity contribution in [2.45, 2.75) is 77.3 Å². The second-order valence-corrected chi connectivity index (χ2v) is 11.7. The van der Waals surface area contributed by atoms with Gasteiger partial charge in [0.15, 0.2) is 6.10 Å². The van der Waals surface area contributed by atoms with Crippen molar-refractivity contribution in [3.05, 3.63) is 36.3 Å². The first-order valence-corrected chi connectivity index (χ1v) is 12.2. The van der Waals surface area contributed by atoms with Gasteiger partial charge in [-0.1, -0.05) is 34.3 Å². The number of Topliss-reactive ketones (excluding diaryl/α,β-unsaturated/α-hetero) is 1. The summed E-state index contributed by atoms with van der Waals surface area (Å²) in [5.41, 5.74) is -1.92. The van der Waals surface area contributed by atoms with E-state index in [0.717, 1.165) is 11.1 Å². The van der Waals surface area contributed by atoms with E-state index in [1.165, 1.54) is 7.11 Å². The van der Waals surface area contributed by atoms with Gasteiger partial charge >= 0.3 is 11.9 Å². The largest absolute Gasteiger partial charge is 0.472 e. The number of aliphatic hydroxyl groups is 1. The van der Waals surface area contributed by atoms with E-state index in [-0.39, 0.29) is 24.5 Å². The standard InChI is InChI=1S/C27H34O8/c1-14-16-7-9-25(4)22(15-8-10-33-13-15)34-19(29)12-27(14,25)35-18-11-17(28)24(2,3)21(26(16,18)5)20(30)23(31)32-6/h8,10,13,16,18,20-22,30H,1,7,9,11-12H2,2-6H3/t16-,18-,20-,21+,22+,25+,26+,27+/m1/s1. The first-order valence-electron chi connectivity index (χ1n) is 12.2. The Balaban J connectivity index is 1.65. The number of methoxy groups -OCH3 is 1. The van der Waals surface area contributed by atoms with Crippen molar-refractivity contribution in [2.24, 2.45) is 28.1 Å². The number of aliphatic hydroxyl groups excluding tert-OH is 1. The van der Waals surface area contributed by atoms with Crippen molar-refractivity contribution in [1.82, 2.24) is 0 Å². The molecule has 4 fully saturated rings. The maximum Gasteiger partial charge on any atom is 0.335 e.